The van der Waals surface area contributed by atoms with E-state index in [0.29, 0.717) is 19.3 Å². The first-order valence-corrected chi connectivity index (χ1v) is 9.14. The van der Waals surface area contributed by atoms with E-state index in [4.69, 9.17) is 15.2 Å². The second kappa shape index (κ2) is 16.3. The van der Waals surface area contributed by atoms with Gasteiger partial charge in [0.05, 0.1) is 18.8 Å². The Morgan fingerprint density at radius 3 is 2.05 bits per heavy atom. The molecule has 0 spiro atoms. The van der Waals surface area contributed by atoms with Crippen LogP contribution in [-0.4, -0.2) is 32.0 Å². The van der Waals surface area contributed by atoms with Crippen LogP contribution in [0.25, 0.3) is 0 Å². The van der Waals surface area contributed by atoms with Crippen molar-refractivity contribution in [3.8, 4) is 0 Å². The number of hydrogen-bond acceptors (Lipinski definition) is 3. The lowest BCUT2D eigenvalue weighted by Gasteiger charge is -2.19. The largest absolute Gasteiger partial charge is 0.379 e. The van der Waals surface area contributed by atoms with E-state index in [2.05, 4.69) is 20.8 Å². The standard InChI is InChI=1S/C18H39NO2/c1-4-5-6-7-8-9-10-11-13-17(2)21-18(3)16-20-15-12-14-19/h17-18H,4-16,19H2,1-3H3. The van der Waals surface area contributed by atoms with Crippen molar-refractivity contribution in [2.24, 2.45) is 5.73 Å². The van der Waals surface area contributed by atoms with Gasteiger partial charge in [0.1, 0.15) is 0 Å². The van der Waals surface area contributed by atoms with E-state index >= 15 is 0 Å². The van der Waals surface area contributed by atoms with Gasteiger partial charge < -0.3 is 15.2 Å². The van der Waals surface area contributed by atoms with Gasteiger partial charge in [0.25, 0.3) is 0 Å². The molecule has 2 N–H and O–H groups in total. The van der Waals surface area contributed by atoms with Crippen molar-refractivity contribution in [3.05, 3.63) is 0 Å². The Kier molecular flexibility index (Phi) is 16.2. The number of ether oxygens (including phenoxy) is 2. The lowest BCUT2D eigenvalue weighted by atomic mass is 10.1. The zero-order chi connectivity index (χ0) is 15.8. The average molecular weight is 302 g/mol. The number of unbranched alkanes of at least 4 members (excludes halogenated alkanes) is 7. The van der Waals surface area contributed by atoms with Gasteiger partial charge in [-0.05, 0) is 33.2 Å². The molecule has 0 saturated heterocycles. The molecule has 21 heavy (non-hydrogen) atoms. The van der Waals surface area contributed by atoms with Gasteiger partial charge in [0.2, 0.25) is 0 Å². The van der Waals surface area contributed by atoms with Crippen LogP contribution in [0.1, 0.15) is 85.0 Å². The van der Waals surface area contributed by atoms with Gasteiger partial charge in [0.15, 0.2) is 0 Å². The first kappa shape index (κ1) is 20.9. The van der Waals surface area contributed by atoms with E-state index < -0.39 is 0 Å². The summed E-state index contributed by atoms with van der Waals surface area (Å²) in [6, 6.07) is 0. The summed E-state index contributed by atoms with van der Waals surface area (Å²) in [5.41, 5.74) is 5.43. The van der Waals surface area contributed by atoms with E-state index in [9.17, 15) is 0 Å². The van der Waals surface area contributed by atoms with Gasteiger partial charge in [0, 0.05) is 6.61 Å². The van der Waals surface area contributed by atoms with Crippen molar-refractivity contribution >= 4 is 0 Å². The molecule has 0 aromatic rings. The van der Waals surface area contributed by atoms with Crippen molar-refractivity contribution < 1.29 is 9.47 Å². The van der Waals surface area contributed by atoms with Crippen molar-refractivity contribution in [1.82, 2.24) is 0 Å². The van der Waals surface area contributed by atoms with Crippen LogP contribution in [0.4, 0.5) is 0 Å². The molecule has 0 aliphatic rings. The van der Waals surface area contributed by atoms with Crippen molar-refractivity contribution in [2.45, 2.75) is 97.2 Å². The van der Waals surface area contributed by atoms with Crippen LogP contribution in [0.3, 0.4) is 0 Å². The third kappa shape index (κ3) is 16.1. The Morgan fingerprint density at radius 2 is 1.43 bits per heavy atom. The van der Waals surface area contributed by atoms with Crippen LogP contribution >= 0.6 is 0 Å². The molecule has 3 heteroatoms. The van der Waals surface area contributed by atoms with Gasteiger partial charge in [-0.2, -0.15) is 0 Å². The molecular formula is C18H39NO2. The molecule has 0 fully saturated rings. The zero-order valence-electron chi connectivity index (χ0n) is 14.7. The lowest BCUT2D eigenvalue weighted by molar-refractivity contribution is -0.0446. The lowest BCUT2D eigenvalue weighted by Crippen LogP contribution is -2.22. The highest BCUT2D eigenvalue weighted by atomic mass is 16.5. The molecule has 0 saturated carbocycles. The molecule has 0 aromatic carbocycles. The third-order valence-electron chi connectivity index (χ3n) is 3.77. The van der Waals surface area contributed by atoms with E-state index in [1.54, 1.807) is 0 Å². The molecule has 2 atom stereocenters. The smallest absolute Gasteiger partial charge is 0.0784 e. The summed E-state index contributed by atoms with van der Waals surface area (Å²) in [6.45, 7) is 8.67. The van der Waals surface area contributed by atoms with Crippen LogP contribution in [-0.2, 0) is 9.47 Å². The molecule has 0 radical (unpaired) electrons. The summed E-state index contributed by atoms with van der Waals surface area (Å²) in [7, 11) is 0. The summed E-state index contributed by atoms with van der Waals surface area (Å²) >= 11 is 0. The summed E-state index contributed by atoms with van der Waals surface area (Å²) in [5, 5.41) is 0. The molecule has 0 aliphatic carbocycles. The minimum absolute atomic E-state index is 0.187. The van der Waals surface area contributed by atoms with E-state index in [0.717, 1.165) is 13.0 Å². The topological polar surface area (TPSA) is 44.5 Å². The summed E-state index contributed by atoms with van der Waals surface area (Å²) < 4.78 is 11.5. The fourth-order valence-corrected chi connectivity index (χ4v) is 2.50. The van der Waals surface area contributed by atoms with Gasteiger partial charge in [-0.1, -0.05) is 58.3 Å². The van der Waals surface area contributed by atoms with E-state index in [1.807, 2.05) is 0 Å². The van der Waals surface area contributed by atoms with Crippen LogP contribution in [0, 0.1) is 0 Å². The molecule has 128 valence electrons. The number of nitrogens with two attached hydrogens (primary N) is 1. The molecule has 0 heterocycles. The Balaban J connectivity index is 3.30. The number of rotatable bonds is 16. The maximum atomic E-state index is 5.93. The van der Waals surface area contributed by atoms with Crippen molar-refractivity contribution in [2.75, 3.05) is 19.8 Å². The van der Waals surface area contributed by atoms with Crippen LogP contribution in [0.15, 0.2) is 0 Å². The predicted molar refractivity (Wildman–Crippen MR) is 91.7 cm³/mol. The second-order valence-electron chi connectivity index (χ2n) is 6.24. The normalized spacial score (nSPS) is 14.3. The van der Waals surface area contributed by atoms with Crippen molar-refractivity contribution in [3.63, 3.8) is 0 Å². The van der Waals surface area contributed by atoms with E-state index in [-0.39, 0.29) is 6.10 Å². The molecule has 0 rings (SSSR count). The fraction of sp³-hybridized carbons (Fsp3) is 1.00. The minimum atomic E-state index is 0.187. The van der Waals surface area contributed by atoms with Gasteiger partial charge in [-0.3, -0.25) is 0 Å². The Labute approximate surface area is 133 Å². The fourth-order valence-electron chi connectivity index (χ4n) is 2.50. The first-order chi connectivity index (χ1) is 10.2. The summed E-state index contributed by atoms with van der Waals surface area (Å²) in [6.07, 6.45) is 13.6. The highest BCUT2D eigenvalue weighted by Gasteiger charge is 2.08. The maximum Gasteiger partial charge on any atom is 0.0784 e. The monoisotopic (exact) mass is 301 g/mol. The van der Waals surface area contributed by atoms with Crippen LogP contribution < -0.4 is 5.73 Å². The first-order valence-electron chi connectivity index (χ1n) is 9.14. The Morgan fingerprint density at radius 1 is 0.810 bits per heavy atom. The quantitative estimate of drug-likeness (QED) is 0.421. The average Bonchev–Trinajstić information content (AvgIpc) is 2.46. The molecule has 0 aromatic heterocycles. The maximum absolute atomic E-state index is 5.93. The van der Waals surface area contributed by atoms with Gasteiger partial charge in [-0.25, -0.2) is 0 Å². The molecule has 3 nitrogen and oxygen atoms in total. The highest BCUT2D eigenvalue weighted by molar-refractivity contribution is 4.56. The predicted octanol–water partition coefficient (Wildman–Crippen LogP) is 4.68. The summed E-state index contributed by atoms with van der Waals surface area (Å²) in [5.74, 6) is 0. The number of hydrogen-bond donors (Lipinski definition) is 1. The molecule has 0 amide bonds. The molecule has 2 unspecified atom stereocenters. The Bertz CT molecular complexity index is 200. The Hall–Kier alpha value is -0.120. The van der Waals surface area contributed by atoms with Crippen LogP contribution in [0.2, 0.25) is 0 Å². The highest BCUT2D eigenvalue weighted by Crippen LogP contribution is 2.12. The molecular weight excluding hydrogens is 262 g/mol. The van der Waals surface area contributed by atoms with Crippen LogP contribution in [0.5, 0.6) is 0 Å². The SMILES string of the molecule is CCCCCCCCCCC(C)OC(C)COCCCN. The second-order valence-corrected chi connectivity index (χ2v) is 6.24. The van der Waals surface area contributed by atoms with Crippen molar-refractivity contribution in [1.29, 1.82) is 0 Å². The van der Waals surface area contributed by atoms with Gasteiger partial charge in [-0.15, -0.1) is 0 Å². The third-order valence-corrected chi connectivity index (χ3v) is 3.77. The minimum Gasteiger partial charge on any atom is -0.379 e. The molecule has 0 aliphatic heterocycles. The summed E-state index contributed by atoms with van der Waals surface area (Å²) in [4.78, 5) is 0. The zero-order valence-corrected chi connectivity index (χ0v) is 14.7. The van der Waals surface area contributed by atoms with Gasteiger partial charge >= 0.3 is 0 Å². The molecule has 0 bridgehead atoms. The van der Waals surface area contributed by atoms with E-state index in [1.165, 1.54) is 57.8 Å².